The fourth-order valence-corrected chi connectivity index (χ4v) is 2.25. The van der Waals surface area contributed by atoms with Gasteiger partial charge in [-0.3, -0.25) is 9.52 Å². The number of hydrogen-bond donors (Lipinski definition) is 2. The molecular weight excluding hydrogens is 290 g/mol. The van der Waals surface area contributed by atoms with Crippen LogP contribution in [0.3, 0.4) is 0 Å². The summed E-state index contributed by atoms with van der Waals surface area (Å²) in [6.07, 6.45) is 2.49. The lowest BCUT2D eigenvalue weighted by Crippen LogP contribution is -2.09. The molecule has 0 aliphatic carbocycles. The number of carbonyl (C=O) groups excluding carboxylic acids is 1. The van der Waals surface area contributed by atoms with Crippen molar-refractivity contribution < 1.29 is 13.2 Å². The maximum Gasteiger partial charge on any atom is 0.229 e. The van der Waals surface area contributed by atoms with Crippen LogP contribution < -0.4 is 10.0 Å². The van der Waals surface area contributed by atoms with Crippen LogP contribution in [0.5, 0.6) is 0 Å². The van der Waals surface area contributed by atoms with Gasteiger partial charge in [0.2, 0.25) is 10.0 Å². The quantitative estimate of drug-likeness (QED) is 0.828. The summed E-state index contributed by atoms with van der Waals surface area (Å²) in [5.41, 5.74) is 1.73. The van der Waals surface area contributed by atoms with Crippen molar-refractivity contribution in [3.05, 3.63) is 48.2 Å². The molecule has 0 aliphatic rings. The number of anilines is 3. The average molecular weight is 305 g/mol. The molecule has 0 unspecified atom stereocenters. The second-order valence-corrected chi connectivity index (χ2v) is 6.32. The van der Waals surface area contributed by atoms with Crippen LogP contribution in [-0.2, 0) is 10.0 Å². The molecule has 0 aliphatic heterocycles. The lowest BCUT2D eigenvalue weighted by molar-refractivity contribution is 0.101. The lowest BCUT2D eigenvalue weighted by atomic mass is 10.1. The van der Waals surface area contributed by atoms with E-state index in [4.69, 9.17) is 0 Å². The van der Waals surface area contributed by atoms with Crippen LogP contribution in [0.4, 0.5) is 17.2 Å². The predicted molar refractivity (Wildman–Crippen MR) is 82.4 cm³/mol. The molecule has 21 heavy (non-hydrogen) atoms. The summed E-state index contributed by atoms with van der Waals surface area (Å²) in [7, 11) is -3.31. The average Bonchev–Trinajstić information content (AvgIpc) is 2.40. The highest BCUT2D eigenvalue weighted by molar-refractivity contribution is 7.92. The summed E-state index contributed by atoms with van der Waals surface area (Å²) in [6.45, 7) is 1.50. The molecule has 0 amide bonds. The minimum Gasteiger partial charge on any atom is -0.340 e. The number of ketones is 1. The zero-order valence-corrected chi connectivity index (χ0v) is 12.4. The predicted octanol–water partition coefficient (Wildman–Crippen LogP) is 2.40. The number of carbonyl (C=O) groups is 1. The third-order valence-corrected chi connectivity index (χ3v) is 3.21. The number of rotatable bonds is 5. The minimum atomic E-state index is -3.31. The summed E-state index contributed by atoms with van der Waals surface area (Å²) in [5.74, 6) is 0.536. The normalized spacial score (nSPS) is 11.0. The van der Waals surface area contributed by atoms with E-state index in [2.05, 4.69) is 15.0 Å². The number of pyridine rings is 1. The monoisotopic (exact) mass is 305 g/mol. The van der Waals surface area contributed by atoms with Crippen LogP contribution in [0.15, 0.2) is 42.6 Å². The summed E-state index contributed by atoms with van der Waals surface area (Å²) in [4.78, 5) is 15.4. The Morgan fingerprint density at radius 1 is 1.14 bits per heavy atom. The highest BCUT2D eigenvalue weighted by atomic mass is 32.2. The van der Waals surface area contributed by atoms with Gasteiger partial charge in [-0.15, -0.1) is 0 Å². The van der Waals surface area contributed by atoms with E-state index in [-0.39, 0.29) is 5.78 Å². The Bertz CT molecular complexity index is 755. The number of Topliss-reactive ketones (excluding diaryl/α,β-unsaturated/α-hetero) is 1. The SMILES string of the molecule is CC(=O)c1cccc(Nc2ccc(NS(C)(=O)=O)cn2)c1. The van der Waals surface area contributed by atoms with Crippen molar-refractivity contribution >= 4 is 33.0 Å². The van der Waals surface area contributed by atoms with E-state index in [1.165, 1.54) is 13.1 Å². The number of benzene rings is 1. The van der Waals surface area contributed by atoms with Crippen molar-refractivity contribution in [2.75, 3.05) is 16.3 Å². The van der Waals surface area contributed by atoms with Gasteiger partial charge in [-0.1, -0.05) is 12.1 Å². The largest absolute Gasteiger partial charge is 0.340 e. The van der Waals surface area contributed by atoms with Gasteiger partial charge >= 0.3 is 0 Å². The van der Waals surface area contributed by atoms with Gasteiger partial charge in [-0.25, -0.2) is 13.4 Å². The van der Waals surface area contributed by atoms with Gasteiger partial charge in [0.1, 0.15) is 5.82 Å². The maximum atomic E-state index is 11.3. The molecule has 1 heterocycles. The number of sulfonamides is 1. The van der Waals surface area contributed by atoms with Gasteiger partial charge in [0.05, 0.1) is 18.1 Å². The Hall–Kier alpha value is -2.41. The molecule has 0 saturated heterocycles. The first-order valence-electron chi connectivity index (χ1n) is 6.15. The van der Waals surface area contributed by atoms with Crippen molar-refractivity contribution in [1.29, 1.82) is 0 Å². The maximum absolute atomic E-state index is 11.3. The van der Waals surface area contributed by atoms with Crippen molar-refractivity contribution in [1.82, 2.24) is 4.98 Å². The molecule has 2 rings (SSSR count). The molecule has 1 aromatic carbocycles. The van der Waals surface area contributed by atoms with Crippen LogP contribution in [0.2, 0.25) is 0 Å². The minimum absolute atomic E-state index is 0.0145. The molecule has 7 heteroatoms. The summed E-state index contributed by atoms with van der Waals surface area (Å²) in [6, 6.07) is 10.3. The van der Waals surface area contributed by atoms with Crippen molar-refractivity contribution in [3.63, 3.8) is 0 Å². The smallest absolute Gasteiger partial charge is 0.229 e. The highest BCUT2D eigenvalue weighted by Gasteiger charge is 2.04. The van der Waals surface area contributed by atoms with Crippen LogP contribution in [0.1, 0.15) is 17.3 Å². The Morgan fingerprint density at radius 2 is 1.90 bits per heavy atom. The molecule has 0 spiro atoms. The first-order chi connectivity index (χ1) is 9.83. The fourth-order valence-electron chi connectivity index (χ4n) is 1.71. The van der Waals surface area contributed by atoms with Crippen LogP contribution in [0, 0.1) is 0 Å². The van der Waals surface area contributed by atoms with Crippen molar-refractivity contribution in [3.8, 4) is 0 Å². The second-order valence-electron chi connectivity index (χ2n) is 4.57. The lowest BCUT2D eigenvalue weighted by Gasteiger charge is -2.08. The van der Waals surface area contributed by atoms with E-state index in [0.29, 0.717) is 17.1 Å². The molecule has 0 radical (unpaired) electrons. The van der Waals surface area contributed by atoms with E-state index in [1.807, 2.05) is 6.07 Å². The summed E-state index contributed by atoms with van der Waals surface area (Å²) in [5, 5.41) is 3.05. The Labute approximate surface area is 123 Å². The van der Waals surface area contributed by atoms with Gasteiger partial charge < -0.3 is 5.32 Å². The third-order valence-electron chi connectivity index (χ3n) is 2.61. The molecular formula is C14H15N3O3S. The van der Waals surface area contributed by atoms with Gasteiger partial charge in [-0.05, 0) is 31.2 Å². The third kappa shape index (κ3) is 4.57. The molecule has 2 N–H and O–H groups in total. The highest BCUT2D eigenvalue weighted by Crippen LogP contribution is 2.18. The first kappa shape index (κ1) is 15.0. The molecule has 2 aromatic rings. The van der Waals surface area contributed by atoms with Gasteiger partial charge in [0.25, 0.3) is 0 Å². The molecule has 0 bridgehead atoms. The number of aromatic nitrogens is 1. The molecule has 110 valence electrons. The number of nitrogens with zero attached hydrogens (tertiary/aromatic N) is 1. The van der Waals surface area contributed by atoms with Crippen LogP contribution in [-0.4, -0.2) is 25.4 Å². The van der Waals surface area contributed by atoms with Gasteiger partial charge in [0, 0.05) is 11.3 Å². The summed E-state index contributed by atoms with van der Waals surface area (Å²) >= 11 is 0. The second kappa shape index (κ2) is 5.92. The molecule has 0 fully saturated rings. The summed E-state index contributed by atoms with van der Waals surface area (Å²) < 4.78 is 24.5. The van der Waals surface area contributed by atoms with Crippen molar-refractivity contribution in [2.45, 2.75) is 6.92 Å². The van der Waals surface area contributed by atoms with E-state index in [9.17, 15) is 13.2 Å². The fraction of sp³-hybridized carbons (Fsp3) is 0.143. The topological polar surface area (TPSA) is 88.2 Å². The first-order valence-corrected chi connectivity index (χ1v) is 8.04. The van der Waals surface area contributed by atoms with Gasteiger partial charge in [0.15, 0.2) is 5.78 Å². The van der Waals surface area contributed by atoms with Gasteiger partial charge in [-0.2, -0.15) is 0 Å². The molecule has 6 nitrogen and oxygen atoms in total. The molecule has 0 saturated carbocycles. The zero-order valence-electron chi connectivity index (χ0n) is 11.6. The van der Waals surface area contributed by atoms with E-state index in [0.717, 1.165) is 11.9 Å². The van der Waals surface area contributed by atoms with Crippen LogP contribution in [0.25, 0.3) is 0 Å². The zero-order chi connectivity index (χ0) is 15.5. The molecule has 0 atom stereocenters. The molecule has 1 aromatic heterocycles. The Balaban J connectivity index is 2.13. The van der Waals surface area contributed by atoms with E-state index >= 15 is 0 Å². The van der Waals surface area contributed by atoms with E-state index in [1.54, 1.807) is 30.3 Å². The standard InChI is InChI=1S/C14H15N3O3S/c1-10(18)11-4-3-5-12(8-11)16-14-7-6-13(9-15-14)17-21(2,19)20/h3-9,17H,1-2H3,(H,15,16). The Kier molecular flexibility index (Phi) is 4.23. The van der Waals surface area contributed by atoms with Crippen LogP contribution >= 0.6 is 0 Å². The number of hydrogen-bond acceptors (Lipinski definition) is 5. The van der Waals surface area contributed by atoms with E-state index < -0.39 is 10.0 Å². The number of nitrogens with one attached hydrogen (secondary N) is 2. The van der Waals surface area contributed by atoms with Crippen molar-refractivity contribution in [2.24, 2.45) is 0 Å². The Morgan fingerprint density at radius 3 is 2.48 bits per heavy atom.